The highest BCUT2D eigenvalue weighted by molar-refractivity contribution is 5.02. The molecule has 2 aliphatic heterocycles. The van der Waals surface area contributed by atoms with Crippen LogP contribution in [-0.2, 0) is 0 Å². The average Bonchev–Trinajstić information content (AvgIpc) is 2.69. The molecular formula is C15H29N3. The van der Waals surface area contributed by atoms with Crippen LogP contribution in [0.1, 0.15) is 46.0 Å². The van der Waals surface area contributed by atoms with Crippen molar-refractivity contribution in [2.75, 3.05) is 20.1 Å². The molecule has 1 saturated carbocycles. The maximum atomic E-state index is 6.52. The van der Waals surface area contributed by atoms with E-state index >= 15 is 0 Å². The van der Waals surface area contributed by atoms with Gasteiger partial charge in [0.2, 0.25) is 0 Å². The smallest absolute Gasteiger partial charge is 0.0253 e. The molecule has 0 amide bonds. The standard InChI is InChI=1S/C15H29N3/c1-15(2)8-6-13(14(15)16)18-9-7-11-4-5-12(10-18)17(11)3/h11-14H,4-10,16H2,1-3H3. The van der Waals surface area contributed by atoms with E-state index in [-0.39, 0.29) is 0 Å². The number of hydrogen-bond donors (Lipinski definition) is 1. The SMILES string of the molecule is CN1C2CCC1CN(C1CCC(C)(C)C1N)CC2. The van der Waals surface area contributed by atoms with Crippen LogP contribution in [0.5, 0.6) is 0 Å². The third kappa shape index (κ3) is 2.00. The third-order valence-electron chi connectivity index (χ3n) is 6.05. The van der Waals surface area contributed by atoms with Crippen LogP contribution in [0.2, 0.25) is 0 Å². The minimum absolute atomic E-state index is 0.335. The van der Waals surface area contributed by atoms with Gasteiger partial charge >= 0.3 is 0 Å². The van der Waals surface area contributed by atoms with Gasteiger partial charge < -0.3 is 5.73 Å². The predicted octanol–water partition coefficient (Wildman–Crippen LogP) is 1.67. The molecule has 0 aromatic rings. The molecule has 0 spiro atoms. The molecule has 104 valence electrons. The summed E-state index contributed by atoms with van der Waals surface area (Å²) < 4.78 is 0. The maximum absolute atomic E-state index is 6.52. The molecule has 3 rings (SSSR count). The van der Waals surface area contributed by atoms with Gasteiger partial charge in [0.15, 0.2) is 0 Å². The van der Waals surface area contributed by atoms with Crippen LogP contribution < -0.4 is 5.73 Å². The Hall–Kier alpha value is -0.120. The topological polar surface area (TPSA) is 32.5 Å². The molecule has 2 heterocycles. The van der Waals surface area contributed by atoms with Crippen LogP contribution in [-0.4, -0.2) is 54.1 Å². The lowest BCUT2D eigenvalue weighted by atomic mass is 9.87. The molecule has 2 N–H and O–H groups in total. The first-order valence-corrected chi connectivity index (χ1v) is 7.70. The molecule has 1 aliphatic carbocycles. The highest BCUT2D eigenvalue weighted by Crippen LogP contribution is 2.40. The summed E-state index contributed by atoms with van der Waals surface area (Å²) in [5.74, 6) is 0. The zero-order chi connectivity index (χ0) is 12.9. The van der Waals surface area contributed by atoms with Gasteiger partial charge in [-0.1, -0.05) is 13.8 Å². The van der Waals surface area contributed by atoms with Gasteiger partial charge in [0, 0.05) is 37.3 Å². The number of fused-ring (bicyclic) bond motifs is 2. The molecule has 4 atom stereocenters. The van der Waals surface area contributed by atoms with Crippen molar-refractivity contribution in [2.45, 2.75) is 70.1 Å². The second-order valence-corrected chi connectivity index (χ2v) is 7.45. The fourth-order valence-corrected chi connectivity index (χ4v) is 4.43. The van der Waals surface area contributed by atoms with E-state index in [0.717, 1.165) is 12.1 Å². The molecule has 3 heteroatoms. The fraction of sp³-hybridized carbons (Fsp3) is 1.00. The van der Waals surface area contributed by atoms with Gasteiger partial charge in [-0.2, -0.15) is 0 Å². The van der Waals surface area contributed by atoms with E-state index in [1.807, 2.05) is 0 Å². The van der Waals surface area contributed by atoms with Gasteiger partial charge in [0.05, 0.1) is 0 Å². The lowest BCUT2D eigenvalue weighted by Gasteiger charge is -2.36. The molecule has 0 radical (unpaired) electrons. The van der Waals surface area contributed by atoms with Crippen molar-refractivity contribution < 1.29 is 0 Å². The lowest BCUT2D eigenvalue weighted by Crippen LogP contribution is -2.51. The van der Waals surface area contributed by atoms with Crippen molar-refractivity contribution in [1.82, 2.24) is 9.80 Å². The minimum atomic E-state index is 0.335. The van der Waals surface area contributed by atoms with Crippen molar-refractivity contribution in [3.05, 3.63) is 0 Å². The van der Waals surface area contributed by atoms with Gasteiger partial charge in [0.25, 0.3) is 0 Å². The summed E-state index contributed by atoms with van der Waals surface area (Å²) in [6.45, 7) is 7.20. The molecule has 0 aromatic heterocycles. The molecule has 0 aromatic carbocycles. The summed E-state index contributed by atoms with van der Waals surface area (Å²) in [5, 5.41) is 0. The first-order valence-electron chi connectivity index (χ1n) is 7.70. The molecule has 3 nitrogen and oxygen atoms in total. The van der Waals surface area contributed by atoms with Gasteiger partial charge in [-0.15, -0.1) is 0 Å². The molecule has 2 bridgehead atoms. The molecule has 3 aliphatic rings. The monoisotopic (exact) mass is 251 g/mol. The summed E-state index contributed by atoms with van der Waals surface area (Å²) in [5.41, 5.74) is 6.85. The van der Waals surface area contributed by atoms with Crippen molar-refractivity contribution in [3.63, 3.8) is 0 Å². The number of nitrogens with zero attached hydrogens (tertiary/aromatic N) is 2. The highest BCUT2D eigenvalue weighted by atomic mass is 15.3. The van der Waals surface area contributed by atoms with Crippen LogP contribution in [0.4, 0.5) is 0 Å². The highest BCUT2D eigenvalue weighted by Gasteiger charge is 2.44. The van der Waals surface area contributed by atoms with E-state index in [1.165, 1.54) is 45.2 Å². The minimum Gasteiger partial charge on any atom is -0.326 e. The Morgan fingerprint density at radius 1 is 1.06 bits per heavy atom. The molecule has 3 fully saturated rings. The third-order valence-corrected chi connectivity index (χ3v) is 6.05. The van der Waals surface area contributed by atoms with Gasteiger partial charge in [-0.25, -0.2) is 0 Å². The van der Waals surface area contributed by atoms with E-state index in [4.69, 9.17) is 5.73 Å². The summed E-state index contributed by atoms with van der Waals surface area (Å²) in [7, 11) is 2.32. The number of likely N-dealkylation sites (N-methyl/N-ethyl adjacent to an activating group) is 1. The second kappa shape index (κ2) is 4.46. The largest absolute Gasteiger partial charge is 0.326 e. The quantitative estimate of drug-likeness (QED) is 0.769. The van der Waals surface area contributed by atoms with Crippen molar-refractivity contribution in [1.29, 1.82) is 0 Å². The Labute approximate surface area is 112 Å². The Bertz CT molecular complexity index is 315. The van der Waals surface area contributed by atoms with Gasteiger partial charge in [-0.3, -0.25) is 9.80 Å². The normalized spacial score (nSPS) is 45.3. The van der Waals surface area contributed by atoms with E-state index in [9.17, 15) is 0 Å². The van der Waals surface area contributed by atoms with Gasteiger partial charge in [-0.05, 0) is 44.6 Å². The second-order valence-electron chi connectivity index (χ2n) is 7.45. The average molecular weight is 251 g/mol. The van der Waals surface area contributed by atoms with Crippen LogP contribution >= 0.6 is 0 Å². The summed E-state index contributed by atoms with van der Waals surface area (Å²) >= 11 is 0. The fourth-order valence-electron chi connectivity index (χ4n) is 4.43. The summed E-state index contributed by atoms with van der Waals surface area (Å²) in [6.07, 6.45) is 6.74. The number of hydrogen-bond acceptors (Lipinski definition) is 3. The van der Waals surface area contributed by atoms with Crippen molar-refractivity contribution >= 4 is 0 Å². The zero-order valence-electron chi connectivity index (χ0n) is 12.2. The Morgan fingerprint density at radius 2 is 1.78 bits per heavy atom. The molecule has 4 unspecified atom stereocenters. The first kappa shape index (κ1) is 12.9. The van der Waals surface area contributed by atoms with Crippen LogP contribution in [0.3, 0.4) is 0 Å². The number of rotatable bonds is 1. The van der Waals surface area contributed by atoms with E-state index in [0.29, 0.717) is 17.5 Å². The molecular weight excluding hydrogens is 222 g/mol. The van der Waals surface area contributed by atoms with E-state index in [1.54, 1.807) is 0 Å². The zero-order valence-corrected chi connectivity index (χ0v) is 12.2. The first-order chi connectivity index (χ1) is 8.49. The summed E-state index contributed by atoms with van der Waals surface area (Å²) in [6, 6.07) is 2.62. The van der Waals surface area contributed by atoms with Crippen LogP contribution in [0, 0.1) is 5.41 Å². The molecule has 2 saturated heterocycles. The lowest BCUT2D eigenvalue weighted by molar-refractivity contribution is 0.147. The Morgan fingerprint density at radius 3 is 2.44 bits per heavy atom. The molecule has 18 heavy (non-hydrogen) atoms. The van der Waals surface area contributed by atoms with Crippen molar-refractivity contribution in [2.24, 2.45) is 11.1 Å². The number of nitrogens with two attached hydrogens (primary N) is 1. The van der Waals surface area contributed by atoms with E-state index in [2.05, 4.69) is 30.7 Å². The predicted molar refractivity (Wildman–Crippen MR) is 75.5 cm³/mol. The van der Waals surface area contributed by atoms with Crippen LogP contribution in [0.15, 0.2) is 0 Å². The van der Waals surface area contributed by atoms with E-state index < -0.39 is 0 Å². The Balaban J connectivity index is 1.71. The summed E-state index contributed by atoms with van der Waals surface area (Å²) in [4.78, 5) is 5.35. The van der Waals surface area contributed by atoms with Gasteiger partial charge in [0.1, 0.15) is 0 Å². The van der Waals surface area contributed by atoms with Crippen molar-refractivity contribution in [3.8, 4) is 0 Å². The maximum Gasteiger partial charge on any atom is 0.0253 e. The Kier molecular flexibility index (Phi) is 3.20. The van der Waals surface area contributed by atoms with Crippen LogP contribution in [0.25, 0.3) is 0 Å². The number of likely N-dealkylation sites (tertiary alicyclic amines) is 1.